The van der Waals surface area contributed by atoms with Crippen molar-refractivity contribution in [2.75, 3.05) is 5.32 Å². The number of aromatic hydroxyl groups is 1. The van der Waals surface area contributed by atoms with E-state index in [1.807, 2.05) is 36.6 Å². The lowest BCUT2D eigenvalue weighted by atomic mass is 9.96. The molecule has 2 aromatic carbocycles. The smallest absolute Gasteiger partial charge is 0.302 e. The predicted octanol–water partition coefficient (Wildman–Crippen LogP) is 6.48. The highest BCUT2D eigenvalue weighted by molar-refractivity contribution is 7.13. The Morgan fingerprint density at radius 1 is 1.15 bits per heavy atom. The Balaban J connectivity index is 1.81. The van der Waals surface area contributed by atoms with Crippen molar-refractivity contribution in [1.29, 1.82) is 0 Å². The van der Waals surface area contributed by atoms with Gasteiger partial charge >= 0.3 is 6.01 Å². The number of anilines is 1. The second-order valence-corrected chi connectivity index (χ2v) is 8.28. The van der Waals surface area contributed by atoms with Gasteiger partial charge in [-0.3, -0.25) is 20.2 Å². The molecule has 8 nitrogen and oxygen atoms in total. The second kappa shape index (κ2) is 9.66. The molecule has 168 valence electrons. The van der Waals surface area contributed by atoms with Crippen molar-refractivity contribution in [3.05, 3.63) is 70.1 Å². The molecule has 0 spiro atoms. The molecule has 0 fully saturated rings. The number of benzene rings is 2. The van der Waals surface area contributed by atoms with Gasteiger partial charge in [-0.1, -0.05) is 43.7 Å². The zero-order valence-electron chi connectivity index (χ0n) is 17.8. The molecule has 0 bridgehead atoms. The van der Waals surface area contributed by atoms with Crippen LogP contribution in [0, 0.1) is 10.1 Å². The van der Waals surface area contributed by atoms with E-state index in [0.29, 0.717) is 34.6 Å². The summed E-state index contributed by atoms with van der Waals surface area (Å²) in [5, 5.41) is 26.2. The number of non-ortho nitro benzene ring substituents is 1. The molecule has 2 heterocycles. The fraction of sp³-hybridized carbons (Fsp3) is 0.167. The Morgan fingerprint density at radius 3 is 2.61 bits per heavy atom. The van der Waals surface area contributed by atoms with Gasteiger partial charge in [0.25, 0.3) is 5.69 Å². The lowest BCUT2D eigenvalue weighted by Crippen LogP contribution is -2.11. The van der Waals surface area contributed by atoms with Gasteiger partial charge < -0.3 is 9.52 Å². The van der Waals surface area contributed by atoms with Crippen molar-refractivity contribution in [2.24, 2.45) is 0 Å². The van der Waals surface area contributed by atoms with E-state index in [2.05, 4.69) is 10.3 Å². The predicted molar refractivity (Wildman–Crippen MR) is 127 cm³/mol. The van der Waals surface area contributed by atoms with Crippen LogP contribution in [0.3, 0.4) is 0 Å². The molecule has 33 heavy (non-hydrogen) atoms. The number of oxazole rings is 1. The third-order valence-corrected chi connectivity index (χ3v) is 5.92. The number of carbonyl (C=O) groups is 1. The lowest BCUT2D eigenvalue weighted by molar-refractivity contribution is -0.384. The van der Waals surface area contributed by atoms with Crippen LogP contribution in [0.15, 0.2) is 64.4 Å². The van der Waals surface area contributed by atoms with Gasteiger partial charge in [-0.15, -0.1) is 11.3 Å². The van der Waals surface area contributed by atoms with Crippen molar-refractivity contribution in [2.45, 2.75) is 26.2 Å². The molecule has 2 N–H and O–H groups in total. The molecule has 0 aliphatic carbocycles. The summed E-state index contributed by atoms with van der Waals surface area (Å²) in [6, 6.07) is 15.1. The van der Waals surface area contributed by atoms with Crippen molar-refractivity contribution >= 4 is 28.9 Å². The van der Waals surface area contributed by atoms with Gasteiger partial charge in [-0.25, -0.2) is 0 Å². The third kappa shape index (κ3) is 4.78. The minimum atomic E-state index is -0.561. The number of unbranched alkanes of at least 4 members (excludes halogenated alkanes) is 1. The normalized spacial score (nSPS) is 10.8. The average molecular weight is 464 g/mol. The van der Waals surface area contributed by atoms with E-state index in [1.54, 1.807) is 12.1 Å². The highest BCUT2D eigenvalue weighted by Gasteiger charge is 2.23. The molecule has 9 heteroatoms. The summed E-state index contributed by atoms with van der Waals surface area (Å²) in [4.78, 5) is 28.1. The van der Waals surface area contributed by atoms with E-state index in [9.17, 15) is 20.0 Å². The number of hydrogen-bond donors (Lipinski definition) is 2. The fourth-order valence-electron chi connectivity index (χ4n) is 3.43. The molecule has 0 atom stereocenters. The number of amides is 1. The zero-order chi connectivity index (χ0) is 23.4. The molecule has 0 aliphatic rings. The quantitative estimate of drug-likeness (QED) is 0.228. The maximum Gasteiger partial charge on any atom is 0.302 e. The topological polar surface area (TPSA) is 118 Å². The molecule has 0 saturated heterocycles. The molecular weight excluding hydrogens is 442 g/mol. The molecule has 2 aromatic heterocycles. The van der Waals surface area contributed by atoms with Gasteiger partial charge in [-0.2, -0.15) is 4.98 Å². The highest BCUT2D eigenvalue weighted by Crippen LogP contribution is 2.43. The Kier molecular flexibility index (Phi) is 6.50. The van der Waals surface area contributed by atoms with Crippen LogP contribution in [0.25, 0.3) is 33.0 Å². The largest absolute Gasteiger partial charge is 0.507 e. The van der Waals surface area contributed by atoms with E-state index in [4.69, 9.17) is 4.42 Å². The number of carbonyl (C=O) groups excluding carboxylic acids is 1. The maximum atomic E-state index is 12.2. The van der Waals surface area contributed by atoms with Gasteiger partial charge in [-0.05, 0) is 29.5 Å². The summed E-state index contributed by atoms with van der Waals surface area (Å²) in [6.45, 7) is 2.01. The third-order valence-electron chi connectivity index (χ3n) is 5.04. The summed E-state index contributed by atoms with van der Waals surface area (Å²) in [7, 11) is 0. The highest BCUT2D eigenvalue weighted by atomic mass is 32.1. The van der Waals surface area contributed by atoms with Gasteiger partial charge in [0, 0.05) is 23.6 Å². The summed E-state index contributed by atoms with van der Waals surface area (Å²) in [6.07, 6.45) is 2.03. The minimum absolute atomic E-state index is 0.0947. The maximum absolute atomic E-state index is 12.2. The molecule has 0 radical (unpaired) electrons. The molecule has 4 aromatic rings. The Bertz CT molecular complexity index is 1300. The first kappa shape index (κ1) is 22.2. The number of aromatic nitrogens is 1. The van der Waals surface area contributed by atoms with Crippen LogP contribution in [0.2, 0.25) is 0 Å². The summed E-state index contributed by atoms with van der Waals surface area (Å²) >= 11 is 1.48. The number of nitro groups is 1. The standard InChI is InChI=1S/C24H21N3O5S/c1-2-3-10-21(29)25-24-26-22(20-9-6-13-33-20)23(32-24)18-8-5-4-7-16(18)17-12-11-15(27(30)31)14-19(17)28/h4-9,11-14,28H,2-3,10H2,1H3,(H,25,26,29). The molecular formula is C24H21N3O5S. The number of rotatable bonds is 8. The van der Waals surface area contributed by atoms with E-state index in [1.165, 1.54) is 23.5 Å². The van der Waals surface area contributed by atoms with Gasteiger partial charge in [0.15, 0.2) is 5.76 Å². The van der Waals surface area contributed by atoms with Crippen LogP contribution >= 0.6 is 11.3 Å². The average Bonchev–Trinajstić information content (AvgIpc) is 3.47. The summed E-state index contributed by atoms with van der Waals surface area (Å²) in [5.74, 6) is 0.0298. The number of nitrogens with one attached hydrogen (secondary N) is 1. The van der Waals surface area contributed by atoms with Crippen LogP contribution < -0.4 is 5.32 Å². The second-order valence-electron chi connectivity index (χ2n) is 7.33. The molecule has 0 saturated carbocycles. The van der Waals surface area contributed by atoms with Crippen molar-refractivity contribution in [3.63, 3.8) is 0 Å². The summed E-state index contributed by atoms with van der Waals surface area (Å²) < 4.78 is 6.01. The Labute approximate surface area is 193 Å². The number of phenols is 1. The molecule has 0 aliphatic heterocycles. The van der Waals surface area contributed by atoms with Gasteiger partial charge in [0.2, 0.25) is 5.91 Å². The van der Waals surface area contributed by atoms with Gasteiger partial charge in [0.05, 0.1) is 15.9 Å². The molecule has 4 rings (SSSR count). The van der Waals surface area contributed by atoms with Crippen LogP contribution in [0.1, 0.15) is 26.2 Å². The van der Waals surface area contributed by atoms with E-state index in [0.717, 1.165) is 23.8 Å². The van der Waals surface area contributed by atoms with E-state index >= 15 is 0 Å². The number of thiophene rings is 1. The van der Waals surface area contributed by atoms with Crippen molar-refractivity contribution in [1.82, 2.24) is 4.98 Å². The zero-order valence-corrected chi connectivity index (χ0v) is 18.6. The molecule has 0 unspecified atom stereocenters. The van der Waals surface area contributed by atoms with Crippen LogP contribution in [0.4, 0.5) is 11.7 Å². The van der Waals surface area contributed by atoms with Crippen LogP contribution in [-0.4, -0.2) is 20.9 Å². The Morgan fingerprint density at radius 2 is 1.94 bits per heavy atom. The van der Waals surface area contributed by atoms with E-state index in [-0.39, 0.29) is 23.4 Å². The first-order valence-electron chi connectivity index (χ1n) is 10.4. The lowest BCUT2D eigenvalue weighted by Gasteiger charge is -2.10. The van der Waals surface area contributed by atoms with E-state index < -0.39 is 4.92 Å². The van der Waals surface area contributed by atoms with Crippen LogP contribution in [-0.2, 0) is 4.79 Å². The molecule has 1 amide bonds. The number of hydrogen-bond acceptors (Lipinski definition) is 7. The minimum Gasteiger partial charge on any atom is -0.507 e. The van der Waals surface area contributed by atoms with Crippen molar-refractivity contribution < 1.29 is 19.2 Å². The fourth-order valence-corrected chi connectivity index (χ4v) is 4.14. The number of nitrogens with zero attached hydrogens (tertiary/aromatic N) is 2. The monoisotopic (exact) mass is 463 g/mol. The van der Waals surface area contributed by atoms with Gasteiger partial charge in [0.1, 0.15) is 11.4 Å². The number of phenolic OH excluding ortho intramolecular Hbond substituents is 1. The first-order valence-corrected chi connectivity index (χ1v) is 11.3. The Hall–Kier alpha value is -3.98. The SMILES string of the molecule is CCCCC(=O)Nc1nc(-c2cccs2)c(-c2ccccc2-c2ccc([N+](=O)[O-])cc2O)o1. The number of nitro benzene ring substituents is 1. The first-order chi connectivity index (χ1) is 16.0. The van der Waals surface area contributed by atoms with Crippen molar-refractivity contribution in [3.8, 4) is 38.8 Å². The summed E-state index contributed by atoms with van der Waals surface area (Å²) in [5.41, 5.74) is 2.02. The van der Waals surface area contributed by atoms with Crippen LogP contribution in [0.5, 0.6) is 5.75 Å².